The number of hydrogen-bond donors (Lipinski definition) is 3. The number of halogens is 1. The van der Waals surface area contributed by atoms with Crippen LogP contribution in [0, 0.1) is 12.7 Å². The van der Waals surface area contributed by atoms with Crippen molar-refractivity contribution in [3.63, 3.8) is 0 Å². The summed E-state index contributed by atoms with van der Waals surface area (Å²) in [4.78, 5) is 35.4. The zero-order valence-electron chi connectivity index (χ0n) is 15.0. The fraction of sp³-hybridized carbons (Fsp3) is 0.250. The molecule has 0 heterocycles. The van der Waals surface area contributed by atoms with Gasteiger partial charge in [0, 0.05) is 18.7 Å². The lowest BCUT2D eigenvalue weighted by Gasteiger charge is -2.09. The zero-order valence-corrected chi connectivity index (χ0v) is 15.0. The quantitative estimate of drug-likeness (QED) is 0.612. The first kappa shape index (κ1) is 20.1. The fourth-order valence-electron chi connectivity index (χ4n) is 2.30. The Morgan fingerprint density at radius 1 is 0.889 bits per heavy atom. The van der Waals surface area contributed by atoms with Gasteiger partial charge in [-0.2, -0.15) is 0 Å². The van der Waals surface area contributed by atoms with E-state index in [-0.39, 0.29) is 43.4 Å². The summed E-state index contributed by atoms with van der Waals surface area (Å²) in [6.45, 7) is 1.87. The lowest BCUT2D eigenvalue weighted by molar-refractivity contribution is -0.125. The van der Waals surface area contributed by atoms with Gasteiger partial charge in [-0.05, 0) is 30.2 Å². The molecule has 6 nitrogen and oxygen atoms in total. The molecule has 0 bridgehead atoms. The van der Waals surface area contributed by atoms with E-state index in [1.807, 2.05) is 30.3 Å². The molecular weight excluding hydrogens is 349 g/mol. The van der Waals surface area contributed by atoms with Crippen molar-refractivity contribution in [1.29, 1.82) is 0 Å². The Labute approximate surface area is 157 Å². The van der Waals surface area contributed by atoms with Gasteiger partial charge in [0.1, 0.15) is 5.82 Å². The van der Waals surface area contributed by atoms with Crippen LogP contribution in [0.15, 0.2) is 48.5 Å². The molecule has 3 N–H and O–H groups in total. The molecule has 7 heteroatoms. The minimum absolute atomic E-state index is 0.136. The predicted octanol–water partition coefficient (Wildman–Crippen LogP) is 1.34. The van der Waals surface area contributed by atoms with Gasteiger partial charge in [-0.25, -0.2) is 4.39 Å². The minimum atomic E-state index is -0.442. The van der Waals surface area contributed by atoms with E-state index in [1.54, 1.807) is 6.92 Å². The number of amides is 3. The molecule has 2 aromatic rings. The number of carbonyl (C=O) groups excluding carboxylic acids is 3. The van der Waals surface area contributed by atoms with E-state index in [4.69, 9.17) is 0 Å². The summed E-state index contributed by atoms with van der Waals surface area (Å²) < 4.78 is 13.4. The summed E-state index contributed by atoms with van der Waals surface area (Å²) >= 11 is 0. The van der Waals surface area contributed by atoms with Gasteiger partial charge in [0.05, 0.1) is 13.0 Å². The molecule has 0 saturated carbocycles. The van der Waals surface area contributed by atoms with Gasteiger partial charge in [-0.3, -0.25) is 14.4 Å². The van der Waals surface area contributed by atoms with Crippen LogP contribution in [0.2, 0.25) is 0 Å². The van der Waals surface area contributed by atoms with Gasteiger partial charge in [-0.1, -0.05) is 36.4 Å². The SMILES string of the molecule is Cc1ccc(C(=O)NCCNC(=O)CNC(=O)Cc2ccccc2)cc1F. The van der Waals surface area contributed by atoms with Crippen LogP contribution in [-0.4, -0.2) is 37.4 Å². The fourth-order valence-corrected chi connectivity index (χ4v) is 2.30. The van der Waals surface area contributed by atoms with Crippen molar-refractivity contribution in [2.45, 2.75) is 13.3 Å². The molecule has 0 aliphatic rings. The van der Waals surface area contributed by atoms with Crippen molar-refractivity contribution < 1.29 is 18.8 Å². The van der Waals surface area contributed by atoms with Crippen molar-refractivity contribution in [3.8, 4) is 0 Å². The first-order chi connectivity index (χ1) is 13.0. The highest BCUT2D eigenvalue weighted by atomic mass is 19.1. The first-order valence-corrected chi connectivity index (χ1v) is 8.57. The van der Waals surface area contributed by atoms with Gasteiger partial charge >= 0.3 is 0 Å². The highest BCUT2D eigenvalue weighted by Crippen LogP contribution is 2.08. The van der Waals surface area contributed by atoms with E-state index >= 15 is 0 Å². The zero-order chi connectivity index (χ0) is 19.6. The average Bonchev–Trinajstić information content (AvgIpc) is 2.66. The van der Waals surface area contributed by atoms with E-state index in [0.29, 0.717) is 5.56 Å². The van der Waals surface area contributed by atoms with Gasteiger partial charge in [0.25, 0.3) is 5.91 Å². The summed E-state index contributed by atoms with van der Waals surface area (Å²) in [5.41, 5.74) is 1.55. The Bertz CT molecular complexity index is 809. The van der Waals surface area contributed by atoms with Gasteiger partial charge in [0.15, 0.2) is 0 Å². The van der Waals surface area contributed by atoms with E-state index < -0.39 is 11.7 Å². The van der Waals surface area contributed by atoms with Crippen LogP contribution in [0.25, 0.3) is 0 Å². The van der Waals surface area contributed by atoms with E-state index in [0.717, 1.165) is 5.56 Å². The average molecular weight is 371 g/mol. The van der Waals surface area contributed by atoms with Crippen LogP contribution in [0.5, 0.6) is 0 Å². The molecule has 0 saturated heterocycles. The summed E-state index contributed by atoms with van der Waals surface area (Å²) in [6.07, 6.45) is 0.206. The normalized spacial score (nSPS) is 10.1. The Kier molecular flexibility index (Phi) is 7.49. The van der Waals surface area contributed by atoms with Crippen LogP contribution in [0.3, 0.4) is 0 Å². The smallest absolute Gasteiger partial charge is 0.251 e. The lowest BCUT2D eigenvalue weighted by atomic mass is 10.1. The molecule has 142 valence electrons. The summed E-state index contributed by atoms with van der Waals surface area (Å²) in [6, 6.07) is 13.5. The minimum Gasteiger partial charge on any atom is -0.353 e. The van der Waals surface area contributed by atoms with Crippen LogP contribution >= 0.6 is 0 Å². The first-order valence-electron chi connectivity index (χ1n) is 8.57. The maximum Gasteiger partial charge on any atom is 0.251 e. The molecule has 3 amide bonds. The lowest BCUT2D eigenvalue weighted by Crippen LogP contribution is -2.40. The largest absolute Gasteiger partial charge is 0.353 e. The topological polar surface area (TPSA) is 87.3 Å². The standard InChI is InChI=1S/C20H22FN3O3/c1-14-7-8-16(12-17(14)21)20(27)23-10-9-22-19(26)13-24-18(25)11-15-5-3-2-4-6-15/h2-8,12H,9-11,13H2,1H3,(H,22,26)(H,23,27)(H,24,25). The molecular formula is C20H22FN3O3. The van der Waals surface area contributed by atoms with Gasteiger partial charge < -0.3 is 16.0 Å². The van der Waals surface area contributed by atoms with E-state index in [1.165, 1.54) is 18.2 Å². The van der Waals surface area contributed by atoms with Crippen molar-refractivity contribution in [2.24, 2.45) is 0 Å². The monoisotopic (exact) mass is 371 g/mol. The summed E-state index contributed by atoms with van der Waals surface area (Å²) in [7, 11) is 0. The number of rotatable bonds is 8. The summed E-state index contributed by atoms with van der Waals surface area (Å²) in [5.74, 6) is -1.46. The number of hydrogen-bond acceptors (Lipinski definition) is 3. The van der Waals surface area contributed by atoms with Crippen LogP contribution < -0.4 is 16.0 Å². The Balaban J connectivity index is 1.62. The third-order valence-corrected chi connectivity index (χ3v) is 3.82. The highest BCUT2D eigenvalue weighted by Gasteiger charge is 2.09. The number of nitrogens with one attached hydrogen (secondary N) is 3. The molecule has 0 aliphatic heterocycles. The molecule has 0 aromatic heterocycles. The van der Waals surface area contributed by atoms with Crippen LogP contribution in [-0.2, 0) is 16.0 Å². The third kappa shape index (κ3) is 6.89. The van der Waals surface area contributed by atoms with Crippen molar-refractivity contribution in [3.05, 3.63) is 71.0 Å². The Morgan fingerprint density at radius 2 is 1.59 bits per heavy atom. The predicted molar refractivity (Wildman–Crippen MR) is 99.6 cm³/mol. The van der Waals surface area contributed by atoms with Gasteiger partial charge in [-0.15, -0.1) is 0 Å². The summed E-state index contributed by atoms with van der Waals surface area (Å²) in [5, 5.41) is 7.72. The second-order valence-corrected chi connectivity index (χ2v) is 6.01. The van der Waals surface area contributed by atoms with Crippen molar-refractivity contribution in [2.75, 3.05) is 19.6 Å². The molecule has 0 aliphatic carbocycles. The third-order valence-electron chi connectivity index (χ3n) is 3.82. The second kappa shape index (κ2) is 10.1. The van der Waals surface area contributed by atoms with Crippen LogP contribution in [0.4, 0.5) is 4.39 Å². The molecule has 0 spiro atoms. The Morgan fingerprint density at radius 3 is 2.30 bits per heavy atom. The van der Waals surface area contributed by atoms with Gasteiger partial charge in [0.2, 0.25) is 11.8 Å². The Hall–Kier alpha value is -3.22. The molecule has 2 aromatic carbocycles. The number of aryl methyl sites for hydroxylation is 1. The highest BCUT2D eigenvalue weighted by molar-refractivity contribution is 5.94. The van der Waals surface area contributed by atoms with E-state index in [2.05, 4.69) is 16.0 Å². The maximum absolute atomic E-state index is 13.4. The second-order valence-electron chi connectivity index (χ2n) is 6.01. The van der Waals surface area contributed by atoms with Crippen molar-refractivity contribution in [1.82, 2.24) is 16.0 Å². The molecule has 0 fully saturated rings. The molecule has 0 atom stereocenters. The molecule has 27 heavy (non-hydrogen) atoms. The molecule has 0 unspecified atom stereocenters. The molecule has 0 radical (unpaired) electrons. The molecule has 2 rings (SSSR count). The van der Waals surface area contributed by atoms with E-state index in [9.17, 15) is 18.8 Å². The van der Waals surface area contributed by atoms with Crippen LogP contribution in [0.1, 0.15) is 21.5 Å². The maximum atomic E-state index is 13.4. The number of carbonyl (C=O) groups is 3. The number of benzene rings is 2. The van der Waals surface area contributed by atoms with Crippen molar-refractivity contribution >= 4 is 17.7 Å².